The third-order valence-electron chi connectivity index (χ3n) is 3.20. The number of aryl methyl sites for hydroxylation is 2. The molecule has 0 spiro atoms. The van der Waals surface area contributed by atoms with Crippen LogP contribution in [-0.2, 0) is 6.42 Å². The van der Waals surface area contributed by atoms with Crippen LogP contribution in [0.2, 0.25) is 5.02 Å². The van der Waals surface area contributed by atoms with Gasteiger partial charge in [0.05, 0.1) is 6.10 Å². The molecule has 0 fully saturated rings. The molecule has 1 atom stereocenters. The predicted molar refractivity (Wildman–Crippen MR) is 88.7 cm³/mol. The average Bonchev–Trinajstić information content (AvgIpc) is 2.36. The highest BCUT2D eigenvalue weighted by atomic mass is 127. The molecule has 1 N–H and O–H groups in total. The van der Waals surface area contributed by atoms with Crippen LogP contribution in [0.5, 0.6) is 0 Å². The maximum Gasteiger partial charge on any atom is 0.0841 e. The fraction of sp³-hybridized carbons (Fsp3) is 0.250. The lowest BCUT2D eigenvalue weighted by Gasteiger charge is -2.15. The summed E-state index contributed by atoms with van der Waals surface area (Å²) in [5.41, 5.74) is 4.27. The van der Waals surface area contributed by atoms with E-state index in [1.807, 2.05) is 37.3 Å². The van der Waals surface area contributed by atoms with E-state index in [1.54, 1.807) is 0 Å². The number of aliphatic hydroxyl groups is 1. The molecule has 0 saturated heterocycles. The minimum absolute atomic E-state index is 0.521. The molecular formula is C16H16ClIO. The number of halogens is 2. The molecule has 1 nitrogen and oxygen atoms in total. The Morgan fingerprint density at radius 2 is 1.95 bits per heavy atom. The summed E-state index contributed by atoms with van der Waals surface area (Å²) < 4.78 is 1.12. The molecule has 3 heteroatoms. The van der Waals surface area contributed by atoms with Crippen LogP contribution in [0.3, 0.4) is 0 Å². The molecule has 100 valence electrons. The van der Waals surface area contributed by atoms with E-state index < -0.39 is 6.10 Å². The molecule has 2 aromatic rings. The summed E-state index contributed by atoms with van der Waals surface area (Å²) in [5, 5.41) is 11.1. The number of hydrogen-bond donors (Lipinski definition) is 1. The van der Waals surface area contributed by atoms with Gasteiger partial charge in [-0.2, -0.15) is 0 Å². The van der Waals surface area contributed by atoms with Crippen LogP contribution in [0.25, 0.3) is 0 Å². The molecule has 0 aliphatic rings. The van der Waals surface area contributed by atoms with E-state index in [1.165, 1.54) is 5.56 Å². The Hall–Kier alpha value is -0.580. The van der Waals surface area contributed by atoms with E-state index in [2.05, 4.69) is 35.6 Å². The first-order valence-electron chi connectivity index (χ1n) is 6.17. The van der Waals surface area contributed by atoms with Crippen molar-refractivity contribution >= 4 is 34.2 Å². The molecule has 19 heavy (non-hydrogen) atoms. The highest BCUT2D eigenvalue weighted by Crippen LogP contribution is 2.28. The second-order valence-electron chi connectivity index (χ2n) is 4.79. The number of rotatable bonds is 3. The van der Waals surface area contributed by atoms with E-state index in [0.29, 0.717) is 6.42 Å². The third-order valence-corrected chi connectivity index (χ3v) is 5.03. The minimum atomic E-state index is -0.521. The lowest BCUT2D eigenvalue weighted by molar-refractivity contribution is 0.177. The van der Waals surface area contributed by atoms with Gasteiger partial charge in [-0.05, 0) is 64.8 Å². The van der Waals surface area contributed by atoms with Crippen LogP contribution in [0, 0.1) is 17.4 Å². The van der Waals surface area contributed by atoms with Crippen molar-refractivity contribution in [3.63, 3.8) is 0 Å². The van der Waals surface area contributed by atoms with Crippen LogP contribution in [0.15, 0.2) is 36.4 Å². The Balaban J connectivity index is 2.25. The standard InChI is InChI=1S/C16H16ClIO/c1-10-6-7-12(14(17)8-10)9-15(19)13-5-3-4-11(2)16(13)18/h3-8,15,19H,9H2,1-2H3. The van der Waals surface area contributed by atoms with Gasteiger partial charge in [-0.15, -0.1) is 0 Å². The third kappa shape index (κ3) is 3.50. The van der Waals surface area contributed by atoms with Crippen molar-refractivity contribution in [3.8, 4) is 0 Å². The second kappa shape index (κ2) is 6.25. The predicted octanol–water partition coefficient (Wildman–Crippen LogP) is 4.84. The van der Waals surface area contributed by atoms with Crippen LogP contribution >= 0.6 is 34.2 Å². The van der Waals surface area contributed by atoms with Gasteiger partial charge in [0.15, 0.2) is 0 Å². The zero-order valence-electron chi connectivity index (χ0n) is 11.0. The highest BCUT2D eigenvalue weighted by Gasteiger charge is 2.14. The van der Waals surface area contributed by atoms with Gasteiger partial charge < -0.3 is 5.11 Å². The van der Waals surface area contributed by atoms with Gasteiger partial charge >= 0.3 is 0 Å². The quantitative estimate of drug-likeness (QED) is 0.749. The van der Waals surface area contributed by atoms with Crippen LogP contribution < -0.4 is 0 Å². The first-order valence-corrected chi connectivity index (χ1v) is 7.63. The largest absolute Gasteiger partial charge is 0.388 e. The van der Waals surface area contributed by atoms with E-state index in [9.17, 15) is 5.11 Å². The van der Waals surface area contributed by atoms with E-state index in [0.717, 1.165) is 25.3 Å². The normalized spacial score (nSPS) is 12.5. The van der Waals surface area contributed by atoms with E-state index in [-0.39, 0.29) is 0 Å². The summed E-state index contributed by atoms with van der Waals surface area (Å²) in [6, 6.07) is 12.0. The molecular weight excluding hydrogens is 371 g/mol. The smallest absolute Gasteiger partial charge is 0.0841 e. The van der Waals surface area contributed by atoms with Crippen LogP contribution in [0.1, 0.15) is 28.4 Å². The fourth-order valence-electron chi connectivity index (χ4n) is 2.06. The molecule has 0 radical (unpaired) electrons. The minimum Gasteiger partial charge on any atom is -0.388 e. The zero-order valence-corrected chi connectivity index (χ0v) is 13.9. The molecule has 0 aromatic heterocycles. The highest BCUT2D eigenvalue weighted by molar-refractivity contribution is 14.1. The van der Waals surface area contributed by atoms with Crippen molar-refractivity contribution in [2.45, 2.75) is 26.4 Å². The maximum absolute atomic E-state index is 10.4. The Morgan fingerprint density at radius 1 is 1.21 bits per heavy atom. The first-order chi connectivity index (χ1) is 8.99. The van der Waals surface area contributed by atoms with E-state index >= 15 is 0 Å². The summed E-state index contributed by atoms with van der Waals surface area (Å²) in [7, 11) is 0. The Morgan fingerprint density at radius 3 is 2.63 bits per heavy atom. The van der Waals surface area contributed by atoms with Gasteiger partial charge in [0, 0.05) is 15.0 Å². The first kappa shape index (κ1) is 14.8. The molecule has 1 unspecified atom stereocenters. The molecule has 2 aromatic carbocycles. The van der Waals surface area contributed by atoms with Gasteiger partial charge in [0.2, 0.25) is 0 Å². The molecule has 0 aliphatic heterocycles. The summed E-state index contributed by atoms with van der Waals surface area (Å²) in [5.74, 6) is 0. The average molecular weight is 387 g/mol. The molecule has 0 aliphatic carbocycles. The molecule has 0 saturated carbocycles. The topological polar surface area (TPSA) is 20.2 Å². The fourth-order valence-corrected chi connectivity index (χ4v) is 3.09. The monoisotopic (exact) mass is 386 g/mol. The Kier molecular flexibility index (Phi) is 4.87. The van der Waals surface area contributed by atoms with Crippen molar-refractivity contribution in [3.05, 3.63) is 67.2 Å². The van der Waals surface area contributed by atoms with E-state index in [4.69, 9.17) is 11.6 Å². The summed E-state index contributed by atoms with van der Waals surface area (Å²) in [4.78, 5) is 0. The van der Waals surface area contributed by atoms with Gasteiger partial charge in [-0.25, -0.2) is 0 Å². The van der Waals surface area contributed by atoms with Crippen LogP contribution in [0.4, 0.5) is 0 Å². The molecule has 2 rings (SSSR count). The van der Waals surface area contributed by atoms with Crippen LogP contribution in [-0.4, -0.2) is 5.11 Å². The van der Waals surface area contributed by atoms with Crippen molar-refractivity contribution < 1.29 is 5.11 Å². The van der Waals surface area contributed by atoms with Gasteiger partial charge in [-0.1, -0.05) is 41.9 Å². The van der Waals surface area contributed by atoms with Gasteiger partial charge in [0.1, 0.15) is 0 Å². The SMILES string of the molecule is Cc1ccc(CC(O)c2cccc(C)c2I)c(Cl)c1. The van der Waals surface area contributed by atoms with Crippen molar-refractivity contribution in [1.29, 1.82) is 0 Å². The number of hydrogen-bond acceptors (Lipinski definition) is 1. The summed E-state index contributed by atoms with van der Waals surface area (Å²) >= 11 is 8.50. The number of benzene rings is 2. The second-order valence-corrected chi connectivity index (χ2v) is 6.28. The van der Waals surface area contributed by atoms with Crippen molar-refractivity contribution in [1.82, 2.24) is 0 Å². The summed E-state index contributed by atoms with van der Waals surface area (Å²) in [6.45, 7) is 4.06. The lowest BCUT2D eigenvalue weighted by Crippen LogP contribution is -2.05. The molecule has 0 heterocycles. The van der Waals surface area contributed by atoms with Gasteiger partial charge in [-0.3, -0.25) is 0 Å². The number of aliphatic hydroxyl groups excluding tert-OH is 1. The van der Waals surface area contributed by atoms with Crippen molar-refractivity contribution in [2.24, 2.45) is 0 Å². The Bertz CT molecular complexity index is 595. The molecule has 0 amide bonds. The maximum atomic E-state index is 10.4. The molecule has 0 bridgehead atoms. The Labute approximate surface area is 132 Å². The lowest BCUT2D eigenvalue weighted by atomic mass is 9.99. The summed E-state index contributed by atoms with van der Waals surface area (Å²) in [6.07, 6.45) is 0.0190. The zero-order chi connectivity index (χ0) is 14.0. The van der Waals surface area contributed by atoms with Gasteiger partial charge in [0.25, 0.3) is 0 Å². The van der Waals surface area contributed by atoms with Crippen molar-refractivity contribution in [2.75, 3.05) is 0 Å².